The Balaban J connectivity index is 2.12. The van der Waals surface area contributed by atoms with Crippen LogP contribution in [0.4, 0.5) is 14.9 Å². The van der Waals surface area contributed by atoms with Crippen molar-refractivity contribution in [2.75, 3.05) is 16.9 Å². The molecule has 1 aliphatic rings. The van der Waals surface area contributed by atoms with Gasteiger partial charge in [0.05, 0.1) is 23.2 Å². The van der Waals surface area contributed by atoms with Crippen molar-refractivity contribution in [3.8, 4) is 6.07 Å². The monoisotopic (exact) mass is 295 g/mol. The predicted octanol–water partition coefficient (Wildman–Crippen LogP) is 1.69. The van der Waals surface area contributed by atoms with Crippen LogP contribution in [0, 0.1) is 17.1 Å². The maximum Gasteiger partial charge on any atom is 0.327 e. The molecule has 2 N–H and O–H groups in total. The smallest absolute Gasteiger partial charge is 0.327 e. The highest BCUT2D eigenvalue weighted by molar-refractivity contribution is 7.99. The van der Waals surface area contributed by atoms with Crippen molar-refractivity contribution in [1.29, 1.82) is 5.26 Å². The van der Waals surface area contributed by atoms with Gasteiger partial charge in [0.15, 0.2) is 0 Å². The van der Waals surface area contributed by atoms with Crippen LogP contribution in [0.25, 0.3) is 0 Å². The molecule has 1 aromatic rings. The average molecular weight is 295 g/mol. The lowest BCUT2D eigenvalue weighted by atomic mass is 10.2. The zero-order chi connectivity index (χ0) is 14.7. The number of thioether (sulfide) groups is 1. The van der Waals surface area contributed by atoms with Crippen LogP contribution in [-0.4, -0.2) is 39.7 Å². The molecule has 0 saturated carbocycles. The Morgan fingerprint density at radius 1 is 1.55 bits per heavy atom. The van der Waals surface area contributed by atoms with Crippen LogP contribution in [-0.2, 0) is 4.79 Å². The zero-order valence-corrected chi connectivity index (χ0v) is 11.0. The van der Waals surface area contributed by atoms with Crippen molar-refractivity contribution in [3.63, 3.8) is 0 Å². The Labute approximate surface area is 118 Å². The van der Waals surface area contributed by atoms with Gasteiger partial charge >= 0.3 is 12.0 Å². The van der Waals surface area contributed by atoms with Gasteiger partial charge in [0.2, 0.25) is 0 Å². The van der Waals surface area contributed by atoms with E-state index in [2.05, 4.69) is 5.32 Å². The number of nitriles is 1. The second-order valence-corrected chi connectivity index (χ2v) is 5.06. The molecule has 8 heteroatoms. The molecule has 0 aliphatic carbocycles. The molecular weight excluding hydrogens is 285 g/mol. The minimum absolute atomic E-state index is 0.0879. The molecule has 1 aromatic carbocycles. The first kappa shape index (κ1) is 14.1. The van der Waals surface area contributed by atoms with Gasteiger partial charge in [-0.2, -0.15) is 5.26 Å². The lowest BCUT2D eigenvalue weighted by molar-refractivity contribution is -0.140. The number of nitrogens with one attached hydrogen (secondary N) is 1. The zero-order valence-electron chi connectivity index (χ0n) is 10.2. The van der Waals surface area contributed by atoms with Crippen LogP contribution in [0.3, 0.4) is 0 Å². The number of urea groups is 1. The molecule has 0 bridgehead atoms. The van der Waals surface area contributed by atoms with Gasteiger partial charge < -0.3 is 15.3 Å². The van der Waals surface area contributed by atoms with Gasteiger partial charge in [-0.1, -0.05) is 0 Å². The molecule has 1 fully saturated rings. The van der Waals surface area contributed by atoms with Crippen LogP contribution in [0.1, 0.15) is 5.56 Å². The summed E-state index contributed by atoms with van der Waals surface area (Å²) >= 11 is 1.32. The molecule has 1 atom stereocenters. The third-order valence-corrected chi connectivity index (χ3v) is 3.78. The van der Waals surface area contributed by atoms with Gasteiger partial charge in [-0.3, -0.25) is 0 Å². The number of hydrogen-bond acceptors (Lipinski definition) is 4. The molecule has 0 radical (unpaired) electrons. The van der Waals surface area contributed by atoms with Crippen molar-refractivity contribution in [1.82, 2.24) is 4.90 Å². The number of nitrogens with zero attached hydrogens (tertiary/aromatic N) is 2. The van der Waals surface area contributed by atoms with E-state index in [9.17, 15) is 14.0 Å². The molecule has 2 rings (SSSR count). The molecule has 20 heavy (non-hydrogen) atoms. The number of carbonyl (C=O) groups excluding carboxylic acids is 1. The third kappa shape index (κ3) is 2.83. The fourth-order valence-electron chi connectivity index (χ4n) is 1.72. The van der Waals surface area contributed by atoms with E-state index in [4.69, 9.17) is 10.4 Å². The Bertz CT molecular complexity index is 602. The summed E-state index contributed by atoms with van der Waals surface area (Å²) in [4.78, 5) is 24.0. The van der Waals surface area contributed by atoms with Gasteiger partial charge in [-0.25, -0.2) is 14.0 Å². The third-order valence-electron chi connectivity index (χ3n) is 2.77. The fourth-order valence-corrected chi connectivity index (χ4v) is 2.87. The van der Waals surface area contributed by atoms with Crippen molar-refractivity contribution >= 4 is 29.4 Å². The number of carboxylic acids is 1. The van der Waals surface area contributed by atoms with E-state index in [-0.39, 0.29) is 17.1 Å². The molecule has 2 amide bonds. The van der Waals surface area contributed by atoms with Gasteiger partial charge in [0.25, 0.3) is 0 Å². The highest BCUT2D eigenvalue weighted by Gasteiger charge is 2.34. The van der Waals surface area contributed by atoms with Crippen LogP contribution in [0.2, 0.25) is 0 Å². The van der Waals surface area contributed by atoms with E-state index in [1.54, 1.807) is 6.07 Å². The lowest BCUT2D eigenvalue weighted by Crippen LogP contribution is -2.44. The molecule has 1 heterocycles. The second-order valence-electron chi connectivity index (χ2n) is 4.06. The molecule has 104 valence electrons. The van der Waals surface area contributed by atoms with E-state index in [1.807, 2.05) is 0 Å². The normalized spacial score (nSPS) is 17.6. The largest absolute Gasteiger partial charge is 0.480 e. The first-order chi connectivity index (χ1) is 9.52. The summed E-state index contributed by atoms with van der Waals surface area (Å²) in [7, 11) is 0. The van der Waals surface area contributed by atoms with Gasteiger partial charge in [0.1, 0.15) is 11.9 Å². The highest BCUT2D eigenvalue weighted by Crippen LogP contribution is 2.23. The second kappa shape index (κ2) is 5.79. The maximum atomic E-state index is 13.6. The molecule has 6 nitrogen and oxygen atoms in total. The summed E-state index contributed by atoms with van der Waals surface area (Å²) < 4.78 is 13.6. The van der Waals surface area contributed by atoms with Crippen LogP contribution in [0.15, 0.2) is 18.2 Å². The number of anilines is 1. The number of amides is 2. The predicted molar refractivity (Wildman–Crippen MR) is 70.7 cm³/mol. The Morgan fingerprint density at radius 2 is 2.30 bits per heavy atom. The number of carbonyl (C=O) groups is 2. The van der Waals surface area contributed by atoms with Crippen LogP contribution >= 0.6 is 11.8 Å². The Hall–Kier alpha value is -2.27. The summed E-state index contributed by atoms with van der Waals surface area (Å²) in [5.74, 6) is -1.29. The highest BCUT2D eigenvalue weighted by atomic mass is 32.2. The number of aliphatic carboxylic acids is 1. The summed E-state index contributed by atoms with van der Waals surface area (Å²) in [5.41, 5.74) is 0.0516. The van der Waals surface area contributed by atoms with Gasteiger partial charge in [0, 0.05) is 5.75 Å². The van der Waals surface area contributed by atoms with E-state index in [0.29, 0.717) is 5.75 Å². The van der Waals surface area contributed by atoms with E-state index in [1.165, 1.54) is 23.9 Å². The average Bonchev–Trinajstić information content (AvgIpc) is 2.90. The summed E-state index contributed by atoms with van der Waals surface area (Å²) in [5, 5.41) is 19.9. The SMILES string of the molecule is N#Cc1ccc(NC(=O)N2CSCC2C(=O)O)c(F)c1. The van der Waals surface area contributed by atoms with Crippen molar-refractivity contribution in [3.05, 3.63) is 29.6 Å². The first-order valence-corrected chi connectivity index (χ1v) is 6.76. The molecular formula is C12H10FN3O3S. The summed E-state index contributed by atoms with van der Waals surface area (Å²) in [6, 6.07) is 3.83. The Kier molecular flexibility index (Phi) is 4.10. The minimum atomic E-state index is -1.09. The van der Waals surface area contributed by atoms with Gasteiger partial charge in [-0.05, 0) is 18.2 Å². The van der Waals surface area contributed by atoms with Crippen molar-refractivity contribution < 1.29 is 19.1 Å². The van der Waals surface area contributed by atoms with E-state index >= 15 is 0 Å². The van der Waals surface area contributed by atoms with E-state index in [0.717, 1.165) is 11.0 Å². The first-order valence-electron chi connectivity index (χ1n) is 5.60. The topological polar surface area (TPSA) is 93.4 Å². The number of rotatable bonds is 2. The van der Waals surface area contributed by atoms with Crippen LogP contribution < -0.4 is 5.32 Å². The molecule has 1 aliphatic heterocycles. The standard InChI is InChI=1S/C12H10FN3O3S/c13-8-3-7(4-14)1-2-9(8)15-12(19)16-6-20-5-10(16)11(17)18/h1-3,10H,5-6H2,(H,15,19)(H,17,18). The summed E-state index contributed by atoms with van der Waals surface area (Å²) in [6.45, 7) is 0. The van der Waals surface area contributed by atoms with Crippen molar-refractivity contribution in [2.24, 2.45) is 0 Å². The lowest BCUT2D eigenvalue weighted by Gasteiger charge is -2.21. The fraction of sp³-hybridized carbons (Fsp3) is 0.250. The molecule has 0 aromatic heterocycles. The maximum absolute atomic E-state index is 13.6. The quantitative estimate of drug-likeness (QED) is 0.866. The van der Waals surface area contributed by atoms with Gasteiger partial charge in [-0.15, -0.1) is 11.8 Å². The number of benzene rings is 1. The number of halogens is 1. The van der Waals surface area contributed by atoms with Crippen LogP contribution in [0.5, 0.6) is 0 Å². The number of hydrogen-bond donors (Lipinski definition) is 2. The summed E-state index contributed by atoms with van der Waals surface area (Å²) in [6.07, 6.45) is 0. The molecule has 0 spiro atoms. The number of carboxylic acid groups (broad SMARTS) is 1. The van der Waals surface area contributed by atoms with E-state index < -0.39 is 23.9 Å². The minimum Gasteiger partial charge on any atom is -0.480 e. The molecule has 1 unspecified atom stereocenters. The molecule has 1 saturated heterocycles. The Morgan fingerprint density at radius 3 is 2.90 bits per heavy atom. The van der Waals surface area contributed by atoms with Crippen molar-refractivity contribution in [2.45, 2.75) is 6.04 Å².